The normalized spacial score (nSPS) is 11.4. The van der Waals surface area contributed by atoms with Crippen molar-refractivity contribution in [2.45, 2.75) is 40.5 Å². The van der Waals surface area contributed by atoms with E-state index in [1.54, 1.807) is 11.4 Å². The number of aryl methyl sites for hydroxylation is 3. The summed E-state index contributed by atoms with van der Waals surface area (Å²) >= 11 is 0. The highest BCUT2D eigenvalue weighted by atomic mass is 16.5. The molecule has 0 aliphatic rings. The first-order valence-electron chi connectivity index (χ1n) is 7.35. The largest absolute Gasteiger partial charge is 0.337 e. The highest BCUT2D eigenvalue weighted by molar-refractivity contribution is 6.08. The second-order valence-corrected chi connectivity index (χ2v) is 5.80. The van der Waals surface area contributed by atoms with Gasteiger partial charge in [0.1, 0.15) is 5.56 Å². The molecule has 3 rings (SSSR count). The van der Waals surface area contributed by atoms with Gasteiger partial charge in [-0.1, -0.05) is 13.8 Å². The van der Waals surface area contributed by atoms with Crippen LogP contribution in [-0.2, 0) is 0 Å². The number of hydrogen-bond donors (Lipinski definition) is 1. The molecule has 0 aliphatic heterocycles. The molecule has 0 unspecified atom stereocenters. The first-order chi connectivity index (χ1) is 10.9. The van der Waals surface area contributed by atoms with Crippen molar-refractivity contribution in [2.75, 3.05) is 5.32 Å². The van der Waals surface area contributed by atoms with Crippen molar-refractivity contribution in [1.82, 2.24) is 24.7 Å². The highest BCUT2D eigenvalue weighted by Crippen LogP contribution is 2.18. The van der Waals surface area contributed by atoms with Crippen molar-refractivity contribution >= 4 is 17.5 Å². The van der Waals surface area contributed by atoms with Gasteiger partial charge in [-0.3, -0.25) is 10.1 Å². The number of fused-ring (bicyclic) bond motifs is 1. The lowest BCUT2D eigenvalue weighted by atomic mass is 10.2. The zero-order valence-corrected chi connectivity index (χ0v) is 13.7. The van der Waals surface area contributed by atoms with Crippen LogP contribution in [0.25, 0.3) is 5.65 Å². The Morgan fingerprint density at radius 3 is 2.65 bits per heavy atom. The van der Waals surface area contributed by atoms with Crippen LogP contribution >= 0.6 is 0 Å². The van der Waals surface area contributed by atoms with Crippen LogP contribution in [0.3, 0.4) is 0 Å². The molecular formula is C15H18N6O2. The molecule has 0 saturated heterocycles. The Morgan fingerprint density at radius 2 is 2.00 bits per heavy atom. The average Bonchev–Trinajstić information content (AvgIpc) is 3.03. The second kappa shape index (κ2) is 5.45. The average molecular weight is 314 g/mol. The molecule has 1 N–H and O–H groups in total. The third-order valence-corrected chi connectivity index (χ3v) is 3.46. The lowest BCUT2D eigenvalue weighted by Crippen LogP contribution is -2.14. The molecule has 0 bridgehead atoms. The van der Waals surface area contributed by atoms with Crippen LogP contribution in [0.15, 0.2) is 10.6 Å². The minimum Gasteiger partial charge on any atom is -0.337 e. The molecule has 8 nitrogen and oxygen atoms in total. The van der Waals surface area contributed by atoms with Gasteiger partial charge in [0, 0.05) is 17.3 Å². The summed E-state index contributed by atoms with van der Waals surface area (Å²) in [5.74, 6) is 0.355. The molecule has 0 radical (unpaired) electrons. The number of amides is 1. The van der Waals surface area contributed by atoms with Crippen LogP contribution in [0.4, 0.5) is 5.95 Å². The minimum atomic E-state index is -0.355. The molecule has 1 amide bonds. The lowest BCUT2D eigenvalue weighted by Gasteiger charge is -2.02. The molecular weight excluding hydrogens is 296 g/mol. The van der Waals surface area contributed by atoms with Gasteiger partial charge < -0.3 is 4.52 Å². The molecule has 8 heteroatoms. The number of nitrogens with one attached hydrogen (secondary N) is 1. The van der Waals surface area contributed by atoms with Crippen LogP contribution in [-0.4, -0.2) is 30.6 Å². The van der Waals surface area contributed by atoms with Gasteiger partial charge in [0.2, 0.25) is 5.89 Å². The predicted molar refractivity (Wildman–Crippen MR) is 83.5 cm³/mol. The number of nitrogens with zero attached hydrogens (tertiary/aromatic N) is 5. The fraction of sp³-hybridized carbons (Fsp3) is 0.400. The molecule has 3 aromatic rings. The summed E-state index contributed by atoms with van der Waals surface area (Å²) in [7, 11) is 0. The molecule has 0 atom stereocenters. The predicted octanol–water partition coefficient (Wildman–Crippen LogP) is 2.41. The number of aromatic nitrogens is 5. The van der Waals surface area contributed by atoms with Gasteiger partial charge >= 0.3 is 0 Å². The number of carbonyl (C=O) groups is 1. The summed E-state index contributed by atoms with van der Waals surface area (Å²) in [6, 6.07) is 1.91. The maximum Gasteiger partial charge on any atom is 0.270 e. The van der Waals surface area contributed by atoms with Crippen molar-refractivity contribution in [3.8, 4) is 0 Å². The smallest absolute Gasteiger partial charge is 0.270 e. The van der Waals surface area contributed by atoms with Crippen molar-refractivity contribution in [1.29, 1.82) is 0 Å². The summed E-state index contributed by atoms with van der Waals surface area (Å²) in [6.45, 7) is 9.44. The Kier molecular flexibility index (Phi) is 3.59. The van der Waals surface area contributed by atoms with Gasteiger partial charge in [-0.25, -0.2) is 9.50 Å². The number of hydrogen-bond acceptors (Lipinski definition) is 6. The van der Waals surface area contributed by atoms with E-state index < -0.39 is 0 Å². The van der Waals surface area contributed by atoms with Gasteiger partial charge in [-0.05, 0) is 32.0 Å². The summed E-state index contributed by atoms with van der Waals surface area (Å²) in [6.07, 6.45) is 0. The zero-order chi connectivity index (χ0) is 16.7. The topological polar surface area (TPSA) is 98.2 Å². The molecule has 3 aromatic heterocycles. The van der Waals surface area contributed by atoms with E-state index in [1.807, 2.05) is 33.8 Å². The Bertz CT molecular complexity index is 893. The lowest BCUT2D eigenvalue weighted by molar-refractivity contribution is 0.102. The molecule has 3 heterocycles. The summed E-state index contributed by atoms with van der Waals surface area (Å²) in [5, 5.41) is 10.8. The quantitative estimate of drug-likeness (QED) is 0.797. The van der Waals surface area contributed by atoms with Crippen molar-refractivity contribution in [2.24, 2.45) is 0 Å². The molecule has 120 valence electrons. The molecule has 23 heavy (non-hydrogen) atoms. The van der Waals surface area contributed by atoms with Crippen molar-refractivity contribution in [3.63, 3.8) is 0 Å². The second-order valence-electron chi connectivity index (χ2n) is 5.80. The third kappa shape index (κ3) is 2.67. The summed E-state index contributed by atoms with van der Waals surface area (Å²) < 4.78 is 6.75. The first-order valence-corrected chi connectivity index (χ1v) is 7.35. The van der Waals surface area contributed by atoms with Crippen LogP contribution in [0, 0.1) is 20.8 Å². The fourth-order valence-corrected chi connectivity index (χ4v) is 2.38. The van der Waals surface area contributed by atoms with Gasteiger partial charge in [0.25, 0.3) is 11.9 Å². The van der Waals surface area contributed by atoms with Gasteiger partial charge in [-0.15, -0.1) is 0 Å². The van der Waals surface area contributed by atoms with Crippen LogP contribution < -0.4 is 5.32 Å². The van der Waals surface area contributed by atoms with Gasteiger partial charge in [0.05, 0.1) is 5.69 Å². The first kappa shape index (κ1) is 15.1. The molecule has 0 spiro atoms. The Labute approximate surface area is 132 Å². The fourth-order valence-electron chi connectivity index (χ4n) is 2.38. The van der Waals surface area contributed by atoms with E-state index in [0.29, 0.717) is 22.8 Å². The monoisotopic (exact) mass is 314 g/mol. The minimum absolute atomic E-state index is 0.0961. The van der Waals surface area contributed by atoms with E-state index in [2.05, 4.69) is 25.5 Å². The van der Waals surface area contributed by atoms with Crippen LogP contribution in [0.2, 0.25) is 0 Å². The van der Waals surface area contributed by atoms with Crippen molar-refractivity contribution in [3.05, 3.63) is 34.6 Å². The Balaban J connectivity index is 1.98. The Hall–Kier alpha value is -2.77. The number of carbonyl (C=O) groups excluding carboxylic acids is 1. The van der Waals surface area contributed by atoms with E-state index in [-0.39, 0.29) is 17.8 Å². The molecule has 0 saturated carbocycles. The number of anilines is 1. The maximum atomic E-state index is 12.6. The molecule has 0 aliphatic carbocycles. The standard InChI is InChI=1S/C15H18N6O2/c1-7(2)14-18-15(20-23-14)17-13(22)11-10(5)19-21-9(4)6-8(3)16-12(11)21/h6-7H,1-5H3,(H,17,20,22). The number of rotatable bonds is 3. The van der Waals surface area contributed by atoms with Gasteiger partial charge in [0.15, 0.2) is 5.65 Å². The zero-order valence-electron chi connectivity index (χ0n) is 13.7. The summed E-state index contributed by atoms with van der Waals surface area (Å²) in [4.78, 5) is 21.2. The van der Waals surface area contributed by atoms with E-state index in [1.165, 1.54) is 0 Å². The van der Waals surface area contributed by atoms with Crippen molar-refractivity contribution < 1.29 is 9.32 Å². The van der Waals surface area contributed by atoms with E-state index in [4.69, 9.17) is 4.52 Å². The van der Waals surface area contributed by atoms with Crippen LogP contribution in [0.5, 0.6) is 0 Å². The molecule has 0 fully saturated rings. The molecule has 0 aromatic carbocycles. The van der Waals surface area contributed by atoms with E-state index in [9.17, 15) is 4.79 Å². The SMILES string of the molecule is Cc1cc(C)n2nc(C)c(C(=O)Nc3noc(C(C)C)n3)c2n1. The maximum absolute atomic E-state index is 12.6. The van der Waals surface area contributed by atoms with E-state index in [0.717, 1.165) is 11.4 Å². The Morgan fingerprint density at radius 1 is 1.26 bits per heavy atom. The van der Waals surface area contributed by atoms with Gasteiger partial charge in [-0.2, -0.15) is 10.1 Å². The highest BCUT2D eigenvalue weighted by Gasteiger charge is 2.21. The summed E-state index contributed by atoms with van der Waals surface area (Å²) in [5.41, 5.74) is 3.26. The van der Waals surface area contributed by atoms with Crippen LogP contribution in [0.1, 0.15) is 53.1 Å². The third-order valence-electron chi connectivity index (χ3n) is 3.46. The van der Waals surface area contributed by atoms with E-state index >= 15 is 0 Å².